The number of halogens is 1. The average molecular weight is 307 g/mol. The molecule has 0 bridgehead atoms. The minimum Gasteiger partial charge on any atom is -0.466 e. The molecule has 0 amide bonds. The van der Waals surface area contributed by atoms with E-state index in [9.17, 15) is 0 Å². The largest absolute Gasteiger partial charge is 0.466 e. The van der Waals surface area contributed by atoms with Crippen LogP contribution in [0.15, 0.2) is 28.7 Å². The minimum atomic E-state index is 0.317. The first-order valence-electron chi connectivity index (χ1n) is 6.24. The molecule has 2 rings (SSSR count). The van der Waals surface area contributed by atoms with Crippen LogP contribution >= 0.6 is 15.9 Å². The fourth-order valence-corrected chi connectivity index (χ4v) is 3.04. The lowest BCUT2D eigenvalue weighted by molar-refractivity contribution is 0.501. The van der Waals surface area contributed by atoms with Crippen LogP contribution in [-0.4, -0.2) is 0 Å². The number of hydrogen-bond acceptors (Lipinski definition) is 1. The van der Waals surface area contributed by atoms with Crippen molar-refractivity contribution in [3.63, 3.8) is 0 Å². The Morgan fingerprint density at radius 2 is 1.78 bits per heavy atom. The highest BCUT2D eigenvalue weighted by molar-refractivity contribution is 9.09. The molecule has 96 valence electrons. The van der Waals surface area contributed by atoms with Crippen LogP contribution in [0.4, 0.5) is 0 Å². The predicted octanol–water partition coefficient (Wildman–Crippen LogP) is 5.19. The highest BCUT2D eigenvalue weighted by Crippen LogP contribution is 2.31. The van der Waals surface area contributed by atoms with Crippen molar-refractivity contribution in [2.24, 2.45) is 0 Å². The van der Waals surface area contributed by atoms with Crippen molar-refractivity contribution >= 4 is 15.9 Å². The van der Waals surface area contributed by atoms with Gasteiger partial charge in [-0.15, -0.1) is 0 Å². The second-order valence-electron chi connectivity index (χ2n) is 4.96. The van der Waals surface area contributed by atoms with Gasteiger partial charge in [0.2, 0.25) is 0 Å². The smallest absolute Gasteiger partial charge is 0.105 e. The van der Waals surface area contributed by atoms with Crippen molar-refractivity contribution < 1.29 is 4.42 Å². The van der Waals surface area contributed by atoms with Gasteiger partial charge in [-0.25, -0.2) is 0 Å². The summed E-state index contributed by atoms with van der Waals surface area (Å²) in [5, 5.41) is 0. The molecule has 1 unspecified atom stereocenters. The van der Waals surface area contributed by atoms with Crippen LogP contribution in [0, 0.1) is 27.7 Å². The maximum absolute atomic E-state index is 5.59. The van der Waals surface area contributed by atoms with Gasteiger partial charge >= 0.3 is 0 Å². The third kappa shape index (κ3) is 2.86. The minimum absolute atomic E-state index is 0.317. The maximum Gasteiger partial charge on any atom is 0.105 e. The van der Waals surface area contributed by atoms with E-state index in [1.54, 1.807) is 0 Å². The molecule has 0 aliphatic rings. The summed E-state index contributed by atoms with van der Waals surface area (Å²) in [4.78, 5) is 0.317. The Morgan fingerprint density at radius 3 is 2.33 bits per heavy atom. The van der Waals surface area contributed by atoms with Gasteiger partial charge in [-0.1, -0.05) is 34.1 Å². The van der Waals surface area contributed by atoms with Gasteiger partial charge in [-0.3, -0.25) is 0 Å². The number of rotatable bonds is 3. The van der Waals surface area contributed by atoms with Crippen LogP contribution in [0.1, 0.15) is 38.6 Å². The van der Waals surface area contributed by atoms with Crippen LogP contribution < -0.4 is 0 Å². The molecule has 1 heterocycles. The number of aryl methyl sites for hydroxylation is 4. The molecule has 0 radical (unpaired) electrons. The molecular weight excluding hydrogens is 288 g/mol. The van der Waals surface area contributed by atoms with Crippen LogP contribution in [0.2, 0.25) is 0 Å². The normalized spacial score (nSPS) is 12.7. The van der Waals surface area contributed by atoms with E-state index < -0.39 is 0 Å². The molecular formula is C16H19BrO. The molecule has 2 aromatic rings. The molecule has 18 heavy (non-hydrogen) atoms. The summed E-state index contributed by atoms with van der Waals surface area (Å²) < 4.78 is 5.59. The summed E-state index contributed by atoms with van der Waals surface area (Å²) in [6, 6.07) is 8.79. The van der Waals surface area contributed by atoms with E-state index in [1.165, 1.54) is 22.3 Å². The van der Waals surface area contributed by atoms with Gasteiger partial charge in [0.1, 0.15) is 11.5 Å². The predicted molar refractivity (Wildman–Crippen MR) is 79.5 cm³/mol. The van der Waals surface area contributed by atoms with Gasteiger partial charge in [0.25, 0.3) is 0 Å². The summed E-state index contributed by atoms with van der Waals surface area (Å²) >= 11 is 3.77. The van der Waals surface area contributed by atoms with Gasteiger partial charge in [0.15, 0.2) is 0 Å². The molecule has 0 aliphatic carbocycles. The lowest BCUT2D eigenvalue weighted by atomic mass is 10.0. The Labute approximate surface area is 117 Å². The summed E-state index contributed by atoms with van der Waals surface area (Å²) in [5.41, 5.74) is 5.32. The van der Waals surface area contributed by atoms with E-state index in [0.29, 0.717) is 4.83 Å². The first-order valence-corrected chi connectivity index (χ1v) is 7.16. The van der Waals surface area contributed by atoms with Crippen LogP contribution in [0.3, 0.4) is 0 Å². The molecule has 1 aromatic heterocycles. The Morgan fingerprint density at radius 1 is 1.06 bits per heavy atom. The first kappa shape index (κ1) is 13.4. The highest BCUT2D eigenvalue weighted by atomic mass is 79.9. The van der Waals surface area contributed by atoms with Crippen LogP contribution in [-0.2, 0) is 6.42 Å². The SMILES string of the molecule is Cc1cc(C(Br)Cc2ccc(C)c(C)c2)c(C)o1. The van der Waals surface area contributed by atoms with E-state index in [0.717, 1.165) is 17.9 Å². The second kappa shape index (κ2) is 5.31. The quantitative estimate of drug-likeness (QED) is 0.711. The van der Waals surface area contributed by atoms with Crippen molar-refractivity contribution in [3.8, 4) is 0 Å². The summed E-state index contributed by atoms with van der Waals surface area (Å²) in [5.74, 6) is 1.99. The van der Waals surface area contributed by atoms with Crippen molar-refractivity contribution in [1.29, 1.82) is 0 Å². The van der Waals surface area contributed by atoms with Gasteiger partial charge in [-0.05, 0) is 56.9 Å². The van der Waals surface area contributed by atoms with Gasteiger partial charge in [-0.2, -0.15) is 0 Å². The summed E-state index contributed by atoms with van der Waals surface area (Å²) in [6.45, 7) is 8.33. The molecule has 0 N–H and O–H groups in total. The topological polar surface area (TPSA) is 13.1 Å². The van der Waals surface area contributed by atoms with Gasteiger partial charge in [0, 0.05) is 10.4 Å². The monoisotopic (exact) mass is 306 g/mol. The van der Waals surface area contributed by atoms with Crippen molar-refractivity contribution in [3.05, 3.63) is 58.0 Å². The zero-order valence-electron chi connectivity index (χ0n) is 11.4. The molecule has 0 saturated carbocycles. The first-order chi connectivity index (χ1) is 8.47. The molecule has 1 aromatic carbocycles. The van der Waals surface area contributed by atoms with Crippen LogP contribution in [0.25, 0.3) is 0 Å². The number of alkyl halides is 1. The molecule has 0 spiro atoms. The lowest BCUT2D eigenvalue weighted by Crippen LogP contribution is -1.96. The molecule has 0 saturated heterocycles. The van der Waals surface area contributed by atoms with Crippen LogP contribution in [0.5, 0.6) is 0 Å². The molecule has 0 fully saturated rings. The Kier molecular flexibility index (Phi) is 3.96. The third-order valence-corrected chi connectivity index (χ3v) is 4.22. The van der Waals surface area contributed by atoms with E-state index in [4.69, 9.17) is 4.42 Å². The standard InChI is InChI=1S/C16H19BrO/c1-10-5-6-14(7-11(10)2)9-16(17)15-8-12(3)18-13(15)4/h5-8,16H,9H2,1-4H3. The third-order valence-electron chi connectivity index (χ3n) is 3.40. The van der Waals surface area contributed by atoms with Crippen molar-refractivity contribution in [2.45, 2.75) is 38.9 Å². The number of furan rings is 1. The van der Waals surface area contributed by atoms with E-state index in [-0.39, 0.29) is 0 Å². The van der Waals surface area contributed by atoms with Gasteiger partial charge in [0.05, 0.1) is 0 Å². The fourth-order valence-electron chi connectivity index (χ4n) is 2.21. The summed E-state index contributed by atoms with van der Waals surface area (Å²) in [6.07, 6.45) is 0.987. The van der Waals surface area contributed by atoms with Gasteiger partial charge < -0.3 is 4.42 Å². The Bertz CT molecular complexity index is 554. The lowest BCUT2D eigenvalue weighted by Gasteiger charge is -2.10. The molecule has 1 atom stereocenters. The molecule has 0 aliphatic heterocycles. The zero-order valence-corrected chi connectivity index (χ0v) is 13.0. The Balaban J connectivity index is 2.18. The number of hydrogen-bond donors (Lipinski definition) is 0. The van der Waals surface area contributed by atoms with E-state index in [2.05, 4.69) is 54.0 Å². The maximum atomic E-state index is 5.59. The number of benzene rings is 1. The zero-order chi connectivity index (χ0) is 13.3. The molecule has 2 heteroatoms. The Hall–Kier alpha value is -1.02. The average Bonchev–Trinajstić information content (AvgIpc) is 2.63. The highest BCUT2D eigenvalue weighted by Gasteiger charge is 2.15. The fraction of sp³-hybridized carbons (Fsp3) is 0.375. The summed E-state index contributed by atoms with van der Waals surface area (Å²) in [7, 11) is 0. The van der Waals surface area contributed by atoms with E-state index >= 15 is 0 Å². The second-order valence-corrected chi connectivity index (χ2v) is 6.06. The van der Waals surface area contributed by atoms with E-state index in [1.807, 2.05) is 13.8 Å². The van der Waals surface area contributed by atoms with Crippen molar-refractivity contribution in [2.75, 3.05) is 0 Å². The molecule has 1 nitrogen and oxygen atoms in total. The van der Waals surface area contributed by atoms with Crippen molar-refractivity contribution in [1.82, 2.24) is 0 Å².